The number of aromatic hydroxyl groups is 1. The molecule has 0 radical (unpaired) electrons. The van der Waals surface area contributed by atoms with E-state index in [1.165, 1.54) is 0 Å². The highest BCUT2D eigenvalue weighted by Crippen LogP contribution is 2.44. The van der Waals surface area contributed by atoms with Gasteiger partial charge in [-0.2, -0.15) is 0 Å². The zero-order valence-corrected chi connectivity index (χ0v) is 20.1. The maximum absolute atomic E-state index is 10.6. The Morgan fingerprint density at radius 2 is 1.79 bits per heavy atom. The van der Waals surface area contributed by atoms with Crippen molar-refractivity contribution in [2.45, 2.75) is 25.9 Å². The van der Waals surface area contributed by atoms with E-state index in [4.69, 9.17) is 17.0 Å². The molecule has 1 aliphatic heterocycles. The smallest absolute Gasteiger partial charge is 0.174 e. The first-order valence-corrected chi connectivity index (χ1v) is 11.5. The number of aromatic nitrogens is 2. The second kappa shape index (κ2) is 8.83. The fourth-order valence-electron chi connectivity index (χ4n) is 4.82. The van der Waals surface area contributed by atoms with Gasteiger partial charge in [-0.15, -0.1) is 0 Å². The van der Waals surface area contributed by atoms with Gasteiger partial charge in [0.25, 0.3) is 0 Å². The van der Waals surface area contributed by atoms with E-state index in [9.17, 15) is 5.11 Å². The maximum atomic E-state index is 10.6. The van der Waals surface area contributed by atoms with Crippen LogP contribution in [0, 0.1) is 13.8 Å². The number of nitrogens with zero attached hydrogens (tertiary/aromatic N) is 3. The Kier molecular flexibility index (Phi) is 5.71. The van der Waals surface area contributed by atoms with Crippen molar-refractivity contribution >= 4 is 23.0 Å². The normalized spacial score (nSPS) is 17.6. The average Bonchev–Trinajstić information content (AvgIpc) is 3.35. The molecule has 0 bridgehead atoms. The first-order valence-electron chi connectivity index (χ1n) is 11.1. The Bertz CT molecular complexity index is 1350. The zero-order valence-electron chi connectivity index (χ0n) is 19.3. The van der Waals surface area contributed by atoms with Gasteiger partial charge in [0.1, 0.15) is 11.5 Å². The van der Waals surface area contributed by atoms with Crippen LogP contribution < -0.4 is 15.0 Å². The Labute approximate surface area is 204 Å². The number of para-hydroxylation sites is 2. The molecule has 0 spiro atoms. The molecule has 3 heterocycles. The van der Waals surface area contributed by atoms with Crippen LogP contribution in [0.15, 0.2) is 79.0 Å². The van der Waals surface area contributed by atoms with E-state index in [0.29, 0.717) is 5.11 Å². The van der Waals surface area contributed by atoms with Gasteiger partial charge in [0.05, 0.1) is 30.6 Å². The summed E-state index contributed by atoms with van der Waals surface area (Å²) >= 11 is 5.85. The van der Waals surface area contributed by atoms with Crippen LogP contribution in [-0.4, -0.2) is 26.9 Å². The van der Waals surface area contributed by atoms with Crippen molar-refractivity contribution in [3.8, 4) is 17.2 Å². The third kappa shape index (κ3) is 3.68. The fraction of sp³-hybridized carbons (Fsp3) is 0.185. The molecule has 7 heteroatoms. The van der Waals surface area contributed by atoms with E-state index >= 15 is 0 Å². The molecular weight excluding hydrogens is 444 g/mol. The summed E-state index contributed by atoms with van der Waals surface area (Å²) in [5, 5.41) is 14.7. The Morgan fingerprint density at radius 3 is 2.53 bits per heavy atom. The van der Waals surface area contributed by atoms with Crippen molar-refractivity contribution in [3.05, 3.63) is 102 Å². The molecule has 2 aromatic heterocycles. The topological polar surface area (TPSA) is 62.5 Å². The summed E-state index contributed by atoms with van der Waals surface area (Å²) in [6.07, 6.45) is 1.80. The largest absolute Gasteiger partial charge is 0.506 e. The minimum atomic E-state index is -0.154. The average molecular weight is 471 g/mol. The van der Waals surface area contributed by atoms with Gasteiger partial charge in [-0.1, -0.05) is 24.3 Å². The molecule has 0 aliphatic carbocycles. The minimum absolute atomic E-state index is 0.152. The molecule has 1 saturated heterocycles. The first-order chi connectivity index (χ1) is 16.5. The van der Waals surface area contributed by atoms with E-state index in [2.05, 4.69) is 39.7 Å². The lowest BCUT2D eigenvalue weighted by atomic mass is 9.96. The quantitative estimate of drug-likeness (QED) is 0.382. The van der Waals surface area contributed by atoms with Crippen LogP contribution in [0.4, 0.5) is 5.69 Å². The van der Waals surface area contributed by atoms with Gasteiger partial charge in [0, 0.05) is 29.3 Å². The number of phenols is 1. The molecule has 6 nitrogen and oxygen atoms in total. The van der Waals surface area contributed by atoms with Crippen LogP contribution in [0.1, 0.15) is 34.7 Å². The lowest BCUT2D eigenvalue weighted by molar-refractivity contribution is 0.415. The summed E-state index contributed by atoms with van der Waals surface area (Å²) in [7, 11) is 1.66. The summed E-state index contributed by atoms with van der Waals surface area (Å²) in [5.41, 5.74) is 5.76. The number of ether oxygens (including phenoxy) is 1. The van der Waals surface area contributed by atoms with Crippen molar-refractivity contribution in [1.82, 2.24) is 14.9 Å². The monoisotopic (exact) mass is 470 g/mol. The van der Waals surface area contributed by atoms with Gasteiger partial charge in [-0.25, -0.2) is 0 Å². The van der Waals surface area contributed by atoms with Crippen LogP contribution >= 0.6 is 12.2 Å². The standard InChI is InChI=1S/C27H26N4O2S/c1-17-15-21(18(2)30(17)23-12-4-5-13-24(23)32)26-25(22-11-6-7-14-28-22)29-27(34)31(26)19-9-8-10-20(16-19)33-3/h4-16,25-26,32H,1-3H3,(H,29,34)/t25-,26-/m1/s1. The van der Waals surface area contributed by atoms with Gasteiger partial charge in [0.15, 0.2) is 5.11 Å². The lowest BCUT2D eigenvalue weighted by Gasteiger charge is -2.28. The number of rotatable bonds is 5. The molecule has 2 N–H and O–H groups in total. The van der Waals surface area contributed by atoms with Gasteiger partial charge in [-0.05, 0) is 74.1 Å². The second-order valence-electron chi connectivity index (χ2n) is 8.35. The highest BCUT2D eigenvalue weighted by atomic mass is 32.1. The molecule has 0 amide bonds. The summed E-state index contributed by atoms with van der Waals surface area (Å²) in [6, 6.07) is 23.1. The van der Waals surface area contributed by atoms with E-state index in [0.717, 1.165) is 39.8 Å². The molecule has 4 aromatic rings. The van der Waals surface area contributed by atoms with Crippen molar-refractivity contribution in [1.29, 1.82) is 0 Å². The van der Waals surface area contributed by atoms with Gasteiger partial charge in [0.2, 0.25) is 0 Å². The lowest BCUT2D eigenvalue weighted by Crippen LogP contribution is -2.29. The van der Waals surface area contributed by atoms with Crippen molar-refractivity contribution in [3.63, 3.8) is 0 Å². The number of hydrogen-bond acceptors (Lipinski definition) is 4. The molecule has 172 valence electrons. The van der Waals surface area contributed by atoms with E-state index in [1.807, 2.05) is 60.7 Å². The minimum Gasteiger partial charge on any atom is -0.506 e. The number of nitrogens with one attached hydrogen (secondary N) is 1. The predicted molar refractivity (Wildman–Crippen MR) is 138 cm³/mol. The number of phenolic OH excluding ortho intramolecular Hbond substituents is 1. The third-order valence-electron chi connectivity index (χ3n) is 6.34. The van der Waals surface area contributed by atoms with Gasteiger partial charge < -0.3 is 24.6 Å². The number of aryl methyl sites for hydroxylation is 1. The number of methoxy groups -OCH3 is 1. The molecule has 1 fully saturated rings. The van der Waals surface area contributed by atoms with Crippen molar-refractivity contribution in [2.24, 2.45) is 0 Å². The molecular formula is C27H26N4O2S. The van der Waals surface area contributed by atoms with E-state index < -0.39 is 0 Å². The Hall–Kier alpha value is -3.84. The molecule has 1 aliphatic rings. The second-order valence-corrected chi connectivity index (χ2v) is 8.74. The summed E-state index contributed by atoms with van der Waals surface area (Å²) in [4.78, 5) is 6.78. The maximum Gasteiger partial charge on any atom is 0.174 e. The number of pyridine rings is 1. The summed E-state index contributed by atoms with van der Waals surface area (Å²) in [5.74, 6) is 1.00. The summed E-state index contributed by atoms with van der Waals surface area (Å²) in [6.45, 7) is 4.13. The number of hydrogen-bond donors (Lipinski definition) is 2. The van der Waals surface area contributed by atoms with Crippen LogP contribution in [0.3, 0.4) is 0 Å². The first kappa shape index (κ1) is 22.0. The van der Waals surface area contributed by atoms with Crippen molar-refractivity contribution in [2.75, 3.05) is 12.0 Å². The zero-order chi connectivity index (χ0) is 23.8. The Balaban J connectivity index is 1.70. The molecule has 0 saturated carbocycles. The van der Waals surface area contributed by atoms with Gasteiger partial charge in [-0.3, -0.25) is 4.98 Å². The van der Waals surface area contributed by atoms with Gasteiger partial charge >= 0.3 is 0 Å². The number of thiocarbonyl (C=S) groups is 1. The molecule has 2 atom stereocenters. The highest BCUT2D eigenvalue weighted by Gasteiger charge is 2.42. The van der Waals surface area contributed by atoms with Crippen molar-refractivity contribution < 1.29 is 9.84 Å². The van der Waals surface area contributed by atoms with Crippen LogP contribution in [0.2, 0.25) is 0 Å². The van der Waals surface area contributed by atoms with Crippen LogP contribution in [0.5, 0.6) is 11.5 Å². The molecule has 5 rings (SSSR count). The summed E-state index contributed by atoms with van der Waals surface area (Å²) < 4.78 is 7.57. The van der Waals surface area contributed by atoms with Crippen LogP contribution in [0.25, 0.3) is 5.69 Å². The van der Waals surface area contributed by atoms with Crippen LogP contribution in [-0.2, 0) is 0 Å². The Morgan fingerprint density at radius 1 is 1.00 bits per heavy atom. The fourth-order valence-corrected chi connectivity index (χ4v) is 5.17. The number of anilines is 1. The highest BCUT2D eigenvalue weighted by molar-refractivity contribution is 7.80. The van der Waals surface area contributed by atoms with E-state index in [1.54, 1.807) is 19.4 Å². The molecule has 0 unspecified atom stereocenters. The predicted octanol–water partition coefficient (Wildman–Crippen LogP) is 5.38. The molecule has 2 aromatic carbocycles. The number of benzene rings is 2. The SMILES string of the molecule is COc1cccc(N2C(=S)N[C@H](c3ccccn3)[C@H]2c2cc(C)n(-c3ccccc3O)c2C)c1. The molecule has 34 heavy (non-hydrogen) atoms. The van der Waals surface area contributed by atoms with E-state index in [-0.39, 0.29) is 17.8 Å². The third-order valence-corrected chi connectivity index (χ3v) is 6.66.